The average molecular weight is 453 g/mol. The van der Waals surface area contributed by atoms with E-state index in [0.717, 1.165) is 22.3 Å². The molecule has 1 saturated heterocycles. The van der Waals surface area contributed by atoms with Gasteiger partial charge in [-0.3, -0.25) is 9.59 Å². The zero-order chi connectivity index (χ0) is 23.8. The van der Waals surface area contributed by atoms with E-state index in [1.807, 2.05) is 36.4 Å². The van der Waals surface area contributed by atoms with Crippen LogP contribution in [0.4, 0.5) is 4.79 Å². The minimum atomic E-state index is -0.982. The number of benzene rings is 2. The molecule has 8 heteroatoms. The molecule has 0 radical (unpaired) electrons. The van der Waals surface area contributed by atoms with Gasteiger partial charge in [0.2, 0.25) is 5.91 Å². The first-order chi connectivity index (χ1) is 15.7. The van der Waals surface area contributed by atoms with Crippen LogP contribution in [0.2, 0.25) is 0 Å². The van der Waals surface area contributed by atoms with E-state index in [1.54, 1.807) is 13.8 Å². The standard InChI is InChI=1S/C25H28N2O6/c1-15(32-3)21(22(28)27-13-25(2,14-27)23(29)30)26-24(31)33-12-20-18-10-6-4-8-16(18)17-9-5-7-11-19(17)20/h4-11,15,20-21H,12-14H2,1-3H3,(H,26,31)(H,29,30). The second-order valence-corrected chi connectivity index (χ2v) is 8.95. The summed E-state index contributed by atoms with van der Waals surface area (Å²) in [6.45, 7) is 3.55. The molecule has 4 rings (SSSR count). The number of methoxy groups -OCH3 is 1. The van der Waals surface area contributed by atoms with E-state index >= 15 is 0 Å². The fourth-order valence-electron chi connectivity index (χ4n) is 4.57. The molecule has 1 fully saturated rings. The molecule has 0 spiro atoms. The number of amides is 2. The number of nitrogens with one attached hydrogen (secondary N) is 1. The molecule has 0 bridgehead atoms. The fraction of sp³-hybridized carbons (Fsp3) is 0.400. The lowest BCUT2D eigenvalue weighted by Crippen LogP contribution is -2.65. The third kappa shape index (κ3) is 4.18. The topological polar surface area (TPSA) is 105 Å². The van der Waals surface area contributed by atoms with E-state index in [2.05, 4.69) is 17.4 Å². The lowest BCUT2D eigenvalue weighted by molar-refractivity contribution is -0.165. The Labute approximate surface area is 192 Å². The van der Waals surface area contributed by atoms with Gasteiger partial charge in [-0.2, -0.15) is 0 Å². The number of aliphatic carboxylic acids is 1. The highest BCUT2D eigenvalue weighted by Crippen LogP contribution is 2.44. The predicted octanol–water partition coefficient (Wildman–Crippen LogP) is 2.86. The molecule has 33 heavy (non-hydrogen) atoms. The average Bonchev–Trinajstić information content (AvgIpc) is 3.11. The summed E-state index contributed by atoms with van der Waals surface area (Å²) in [5.74, 6) is -1.44. The number of likely N-dealkylation sites (tertiary alicyclic amines) is 1. The second kappa shape index (κ2) is 8.86. The molecule has 2 N–H and O–H groups in total. The lowest BCUT2D eigenvalue weighted by Gasteiger charge is -2.46. The Morgan fingerprint density at radius 1 is 1.09 bits per heavy atom. The molecule has 2 aromatic rings. The molecular weight excluding hydrogens is 424 g/mol. The molecule has 1 aliphatic carbocycles. The summed E-state index contributed by atoms with van der Waals surface area (Å²) in [5, 5.41) is 11.9. The molecule has 2 aromatic carbocycles. The van der Waals surface area contributed by atoms with Crippen molar-refractivity contribution in [3.8, 4) is 11.1 Å². The van der Waals surface area contributed by atoms with Crippen molar-refractivity contribution in [1.29, 1.82) is 0 Å². The zero-order valence-corrected chi connectivity index (χ0v) is 18.9. The number of hydrogen-bond acceptors (Lipinski definition) is 5. The first-order valence-electron chi connectivity index (χ1n) is 10.9. The van der Waals surface area contributed by atoms with Crippen LogP contribution < -0.4 is 5.32 Å². The Kier molecular flexibility index (Phi) is 6.12. The SMILES string of the molecule is COC(C)C(NC(=O)OCC1c2ccccc2-c2ccccc21)C(=O)N1CC(C)(C(=O)O)C1. The number of carbonyl (C=O) groups is 3. The largest absolute Gasteiger partial charge is 0.481 e. The van der Waals surface area contributed by atoms with Crippen LogP contribution in [-0.2, 0) is 19.1 Å². The first-order valence-corrected chi connectivity index (χ1v) is 10.9. The molecule has 2 unspecified atom stereocenters. The molecular formula is C25H28N2O6. The summed E-state index contributed by atoms with van der Waals surface area (Å²) in [7, 11) is 1.45. The number of fused-ring (bicyclic) bond motifs is 3. The van der Waals surface area contributed by atoms with E-state index < -0.39 is 35.5 Å². The minimum absolute atomic E-state index is 0.0838. The zero-order valence-electron chi connectivity index (χ0n) is 18.9. The van der Waals surface area contributed by atoms with Crippen LogP contribution in [0, 0.1) is 5.41 Å². The quantitative estimate of drug-likeness (QED) is 0.669. The fourth-order valence-corrected chi connectivity index (χ4v) is 4.57. The Morgan fingerprint density at radius 2 is 1.64 bits per heavy atom. The molecule has 0 saturated carbocycles. The third-order valence-corrected chi connectivity index (χ3v) is 6.63. The van der Waals surface area contributed by atoms with E-state index in [4.69, 9.17) is 9.47 Å². The maximum absolute atomic E-state index is 12.9. The van der Waals surface area contributed by atoms with Crippen molar-refractivity contribution in [2.24, 2.45) is 5.41 Å². The second-order valence-electron chi connectivity index (χ2n) is 8.95. The summed E-state index contributed by atoms with van der Waals surface area (Å²) in [5.41, 5.74) is 3.47. The van der Waals surface area contributed by atoms with Crippen molar-refractivity contribution in [3.63, 3.8) is 0 Å². The van der Waals surface area contributed by atoms with Gasteiger partial charge in [0.1, 0.15) is 18.1 Å². The molecule has 1 heterocycles. The molecule has 174 valence electrons. The number of carboxylic acid groups (broad SMARTS) is 1. The number of carbonyl (C=O) groups excluding carboxylic acids is 2. The molecule has 2 atom stereocenters. The number of rotatable bonds is 7. The van der Waals surface area contributed by atoms with Gasteiger partial charge in [0.15, 0.2) is 0 Å². The number of ether oxygens (including phenoxy) is 2. The number of nitrogens with zero attached hydrogens (tertiary/aromatic N) is 1. The number of alkyl carbamates (subject to hydrolysis) is 1. The maximum Gasteiger partial charge on any atom is 0.407 e. The van der Waals surface area contributed by atoms with Crippen LogP contribution in [-0.4, -0.2) is 66.9 Å². The van der Waals surface area contributed by atoms with Gasteiger partial charge in [0.05, 0.1) is 6.10 Å². The van der Waals surface area contributed by atoms with Crippen LogP contribution >= 0.6 is 0 Å². The summed E-state index contributed by atoms with van der Waals surface area (Å²) < 4.78 is 10.8. The highest BCUT2D eigenvalue weighted by Gasteiger charge is 2.49. The number of carboxylic acids is 1. The van der Waals surface area contributed by atoms with Crippen LogP contribution in [0.1, 0.15) is 30.9 Å². The first kappa shape index (κ1) is 22.8. The van der Waals surface area contributed by atoms with Crippen molar-refractivity contribution in [3.05, 3.63) is 59.7 Å². The van der Waals surface area contributed by atoms with Gasteiger partial charge in [0.25, 0.3) is 0 Å². The number of hydrogen-bond donors (Lipinski definition) is 2. The highest BCUT2D eigenvalue weighted by atomic mass is 16.5. The predicted molar refractivity (Wildman–Crippen MR) is 121 cm³/mol. The summed E-state index contributed by atoms with van der Waals surface area (Å²) in [6, 6.07) is 15.1. The summed E-state index contributed by atoms with van der Waals surface area (Å²) in [4.78, 5) is 38.4. The van der Waals surface area contributed by atoms with E-state index in [1.165, 1.54) is 12.0 Å². The van der Waals surface area contributed by atoms with Gasteiger partial charge < -0.3 is 24.8 Å². The van der Waals surface area contributed by atoms with Crippen molar-refractivity contribution in [2.75, 3.05) is 26.8 Å². The van der Waals surface area contributed by atoms with Crippen molar-refractivity contribution < 1.29 is 29.0 Å². The van der Waals surface area contributed by atoms with E-state index in [9.17, 15) is 19.5 Å². The van der Waals surface area contributed by atoms with Crippen molar-refractivity contribution in [1.82, 2.24) is 10.2 Å². The third-order valence-electron chi connectivity index (χ3n) is 6.63. The van der Waals surface area contributed by atoms with Crippen molar-refractivity contribution >= 4 is 18.0 Å². The lowest BCUT2D eigenvalue weighted by atomic mass is 9.81. The van der Waals surface area contributed by atoms with Gasteiger partial charge in [-0.05, 0) is 36.1 Å². The van der Waals surface area contributed by atoms with Crippen LogP contribution in [0.15, 0.2) is 48.5 Å². The molecule has 0 aromatic heterocycles. The Balaban J connectivity index is 1.42. The molecule has 8 nitrogen and oxygen atoms in total. The Hall–Kier alpha value is -3.39. The van der Waals surface area contributed by atoms with Gasteiger partial charge in [-0.15, -0.1) is 0 Å². The van der Waals surface area contributed by atoms with E-state index in [0.29, 0.717) is 0 Å². The van der Waals surface area contributed by atoms with Crippen LogP contribution in [0.25, 0.3) is 11.1 Å². The summed E-state index contributed by atoms with van der Waals surface area (Å²) >= 11 is 0. The smallest absolute Gasteiger partial charge is 0.407 e. The van der Waals surface area contributed by atoms with Gasteiger partial charge in [-0.1, -0.05) is 48.5 Å². The van der Waals surface area contributed by atoms with Crippen LogP contribution in [0.3, 0.4) is 0 Å². The molecule has 2 amide bonds. The Morgan fingerprint density at radius 3 is 2.15 bits per heavy atom. The van der Waals surface area contributed by atoms with Crippen molar-refractivity contribution in [2.45, 2.75) is 31.9 Å². The van der Waals surface area contributed by atoms with Gasteiger partial charge in [0, 0.05) is 26.1 Å². The monoisotopic (exact) mass is 452 g/mol. The Bertz CT molecular complexity index is 1030. The summed E-state index contributed by atoms with van der Waals surface area (Å²) in [6.07, 6.45) is -1.34. The van der Waals surface area contributed by atoms with Crippen LogP contribution in [0.5, 0.6) is 0 Å². The minimum Gasteiger partial charge on any atom is -0.481 e. The van der Waals surface area contributed by atoms with Gasteiger partial charge in [-0.25, -0.2) is 4.79 Å². The molecule has 1 aliphatic heterocycles. The normalized spacial score (nSPS) is 17.8. The maximum atomic E-state index is 12.9. The molecule has 2 aliphatic rings. The van der Waals surface area contributed by atoms with E-state index in [-0.39, 0.29) is 25.6 Å². The van der Waals surface area contributed by atoms with Gasteiger partial charge >= 0.3 is 12.1 Å². The highest BCUT2D eigenvalue weighted by molar-refractivity contribution is 5.89.